The standard InChI is InChI=1S/C14H17N3/c1-11-9-16-7-6-14(11)17-10-13-5-3-2-4-12(13)8-15/h2-7,9H,8,10,15H2,1H3,(H,16,17). The maximum atomic E-state index is 5.71. The lowest BCUT2D eigenvalue weighted by Gasteiger charge is -2.11. The quantitative estimate of drug-likeness (QED) is 0.843. The molecule has 2 rings (SSSR count). The second-order valence-electron chi connectivity index (χ2n) is 4.02. The predicted octanol–water partition coefficient (Wildman–Crippen LogP) is 2.46. The fourth-order valence-corrected chi connectivity index (χ4v) is 1.79. The van der Waals surface area contributed by atoms with Gasteiger partial charge in [-0.1, -0.05) is 24.3 Å². The van der Waals surface area contributed by atoms with Crippen LogP contribution in [0.2, 0.25) is 0 Å². The van der Waals surface area contributed by atoms with Crippen molar-refractivity contribution < 1.29 is 0 Å². The van der Waals surface area contributed by atoms with E-state index in [9.17, 15) is 0 Å². The Morgan fingerprint density at radius 2 is 1.94 bits per heavy atom. The summed E-state index contributed by atoms with van der Waals surface area (Å²) in [5.74, 6) is 0. The smallest absolute Gasteiger partial charge is 0.0404 e. The number of aryl methyl sites for hydroxylation is 1. The van der Waals surface area contributed by atoms with Crippen LogP contribution in [-0.2, 0) is 13.1 Å². The summed E-state index contributed by atoms with van der Waals surface area (Å²) in [6.45, 7) is 3.41. The molecule has 0 amide bonds. The SMILES string of the molecule is Cc1cnccc1NCc1ccccc1CN. The number of rotatable bonds is 4. The third-order valence-corrected chi connectivity index (χ3v) is 2.83. The molecule has 3 N–H and O–H groups in total. The molecule has 1 aromatic heterocycles. The molecule has 1 heterocycles. The Morgan fingerprint density at radius 3 is 2.65 bits per heavy atom. The Hall–Kier alpha value is -1.87. The van der Waals surface area contributed by atoms with Gasteiger partial charge in [0.2, 0.25) is 0 Å². The fourth-order valence-electron chi connectivity index (χ4n) is 1.79. The third-order valence-electron chi connectivity index (χ3n) is 2.83. The molecule has 0 unspecified atom stereocenters. The van der Waals surface area contributed by atoms with E-state index in [1.807, 2.05) is 31.3 Å². The van der Waals surface area contributed by atoms with Crippen LogP contribution in [0.5, 0.6) is 0 Å². The number of benzene rings is 1. The molecule has 0 fully saturated rings. The van der Waals surface area contributed by atoms with Gasteiger partial charge in [0.15, 0.2) is 0 Å². The average Bonchev–Trinajstić information content (AvgIpc) is 2.38. The summed E-state index contributed by atoms with van der Waals surface area (Å²) in [4.78, 5) is 4.07. The van der Waals surface area contributed by atoms with Gasteiger partial charge in [-0.2, -0.15) is 0 Å². The Kier molecular flexibility index (Phi) is 3.73. The third kappa shape index (κ3) is 2.82. The summed E-state index contributed by atoms with van der Waals surface area (Å²) in [7, 11) is 0. The molecular weight excluding hydrogens is 210 g/mol. The molecule has 0 saturated carbocycles. The molecule has 0 aliphatic carbocycles. The van der Waals surface area contributed by atoms with E-state index >= 15 is 0 Å². The maximum absolute atomic E-state index is 5.71. The summed E-state index contributed by atoms with van der Waals surface area (Å²) in [6, 6.07) is 10.2. The minimum absolute atomic E-state index is 0.577. The lowest BCUT2D eigenvalue weighted by molar-refractivity contribution is 1.01. The second-order valence-corrected chi connectivity index (χ2v) is 4.02. The molecule has 2 aromatic rings. The highest BCUT2D eigenvalue weighted by molar-refractivity contribution is 5.49. The summed E-state index contributed by atoms with van der Waals surface area (Å²) in [6.07, 6.45) is 3.65. The van der Waals surface area contributed by atoms with Crippen molar-refractivity contribution in [2.24, 2.45) is 5.73 Å². The highest BCUT2D eigenvalue weighted by atomic mass is 14.9. The number of pyridine rings is 1. The van der Waals surface area contributed by atoms with Gasteiger partial charge in [-0.3, -0.25) is 4.98 Å². The van der Waals surface area contributed by atoms with E-state index in [1.54, 1.807) is 6.20 Å². The van der Waals surface area contributed by atoms with Gasteiger partial charge in [-0.05, 0) is 29.7 Å². The van der Waals surface area contributed by atoms with Crippen molar-refractivity contribution in [2.45, 2.75) is 20.0 Å². The van der Waals surface area contributed by atoms with E-state index < -0.39 is 0 Å². The summed E-state index contributed by atoms with van der Waals surface area (Å²) >= 11 is 0. The first-order chi connectivity index (χ1) is 8.31. The van der Waals surface area contributed by atoms with E-state index in [4.69, 9.17) is 5.73 Å². The van der Waals surface area contributed by atoms with Crippen LogP contribution >= 0.6 is 0 Å². The van der Waals surface area contributed by atoms with Crippen LogP contribution in [0, 0.1) is 6.92 Å². The van der Waals surface area contributed by atoms with Crippen molar-refractivity contribution in [2.75, 3.05) is 5.32 Å². The Labute approximate surface area is 102 Å². The molecular formula is C14H17N3. The lowest BCUT2D eigenvalue weighted by Crippen LogP contribution is -2.06. The molecule has 0 radical (unpaired) electrons. The van der Waals surface area contributed by atoms with Gasteiger partial charge in [0, 0.05) is 31.2 Å². The van der Waals surface area contributed by atoms with Crippen LogP contribution in [0.15, 0.2) is 42.7 Å². The van der Waals surface area contributed by atoms with Crippen molar-refractivity contribution in [3.05, 3.63) is 59.4 Å². The van der Waals surface area contributed by atoms with Gasteiger partial charge in [0.25, 0.3) is 0 Å². The molecule has 3 nitrogen and oxygen atoms in total. The molecule has 0 spiro atoms. The monoisotopic (exact) mass is 227 g/mol. The number of hydrogen-bond donors (Lipinski definition) is 2. The van der Waals surface area contributed by atoms with E-state index in [-0.39, 0.29) is 0 Å². The van der Waals surface area contributed by atoms with Gasteiger partial charge in [-0.15, -0.1) is 0 Å². The summed E-state index contributed by atoms with van der Waals surface area (Å²) < 4.78 is 0. The zero-order chi connectivity index (χ0) is 12.1. The second kappa shape index (κ2) is 5.46. The molecule has 17 heavy (non-hydrogen) atoms. The first-order valence-corrected chi connectivity index (χ1v) is 5.72. The van der Waals surface area contributed by atoms with Crippen molar-refractivity contribution >= 4 is 5.69 Å². The zero-order valence-electron chi connectivity index (χ0n) is 9.98. The van der Waals surface area contributed by atoms with Crippen LogP contribution in [0.4, 0.5) is 5.69 Å². The lowest BCUT2D eigenvalue weighted by atomic mass is 10.1. The van der Waals surface area contributed by atoms with E-state index in [0.29, 0.717) is 6.54 Å². The largest absolute Gasteiger partial charge is 0.381 e. The summed E-state index contributed by atoms with van der Waals surface area (Å²) in [5.41, 5.74) is 10.4. The molecule has 0 aliphatic heterocycles. The highest BCUT2D eigenvalue weighted by Gasteiger charge is 2.01. The number of anilines is 1. The molecule has 0 atom stereocenters. The van der Waals surface area contributed by atoms with Gasteiger partial charge >= 0.3 is 0 Å². The highest BCUT2D eigenvalue weighted by Crippen LogP contribution is 2.15. The summed E-state index contributed by atoms with van der Waals surface area (Å²) in [5, 5.41) is 3.41. The minimum atomic E-state index is 0.577. The fraction of sp³-hybridized carbons (Fsp3) is 0.214. The number of hydrogen-bond acceptors (Lipinski definition) is 3. The Morgan fingerprint density at radius 1 is 1.18 bits per heavy atom. The topological polar surface area (TPSA) is 50.9 Å². The van der Waals surface area contributed by atoms with Gasteiger partial charge in [0.1, 0.15) is 0 Å². The van der Waals surface area contributed by atoms with E-state index in [1.165, 1.54) is 11.1 Å². The van der Waals surface area contributed by atoms with Crippen LogP contribution in [0.1, 0.15) is 16.7 Å². The molecule has 0 aliphatic rings. The van der Waals surface area contributed by atoms with Crippen LogP contribution in [-0.4, -0.2) is 4.98 Å². The van der Waals surface area contributed by atoms with Gasteiger partial charge < -0.3 is 11.1 Å². The van der Waals surface area contributed by atoms with E-state index in [0.717, 1.165) is 17.8 Å². The molecule has 88 valence electrons. The zero-order valence-corrected chi connectivity index (χ0v) is 9.98. The number of aromatic nitrogens is 1. The average molecular weight is 227 g/mol. The first kappa shape index (κ1) is 11.6. The maximum Gasteiger partial charge on any atom is 0.0404 e. The van der Waals surface area contributed by atoms with Gasteiger partial charge in [0.05, 0.1) is 0 Å². The van der Waals surface area contributed by atoms with Crippen molar-refractivity contribution in [1.82, 2.24) is 4.98 Å². The van der Waals surface area contributed by atoms with E-state index in [2.05, 4.69) is 22.4 Å². The van der Waals surface area contributed by atoms with Crippen molar-refractivity contribution in [1.29, 1.82) is 0 Å². The Balaban J connectivity index is 2.10. The predicted molar refractivity (Wildman–Crippen MR) is 70.6 cm³/mol. The van der Waals surface area contributed by atoms with Crippen molar-refractivity contribution in [3.63, 3.8) is 0 Å². The molecule has 3 heteroatoms. The number of nitrogens with zero attached hydrogens (tertiary/aromatic N) is 1. The van der Waals surface area contributed by atoms with Gasteiger partial charge in [-0.25, -0.2) is 0 Å². The van der Waals surface area contributed by atoms with Crippen molar-refractivity contribution in [3.8, 4) is 0 Å². The molecule has 0 saturated heterocycles. The number of nitrogens with one attached hydrogen (secondary N) is 1. The first-order valence-electron chi connectivity index (χ1n) is 5.72. The van der Waals surface area contributed by atoms with Crippen LogP contribution < -0.4 is 11.1 Å². The molecule has 1 aromatic carbocycles. The van der Waals surface area contributed by atoms with Crippen LogP contribution in [0.25, 0.3) is 0 Å². The minimum Gasteiger partial charge on any atom is -0.381 e. The Bertz CT molecular complexity index is 494. The normalized spacial score (nSPS) is 10.2. The number of nitrogens with two attached hydrogens (primary N) is 1. The molecule has 0 bridgehead atoms. The van der Waals surface area contributed by atoms with Crippen LogP contribution in [0.3, 0.4) is 0 Å².